The van der Waals surface area contributed by atoms with E-state index in [-0.39, 0.29) is 6.10 Å². The van der Waals surface area contributed by atoms with E-state index in [1.165, 1.54) is 5.56 Å². The predicted molar refractivity (Wildman–Crippen MR) is 118 cm³/mol. The van der Waals surface area contributed by atoms with E-state index in [1.54, 1.807) is 0 Å². The van der Waals surface area contributed by atoms with Gasteiger partial charge >= 0.3 is 0 Å². The predicted octanol–water partition coefficient (Wildman–Crippen LogP) is 2.64. The van der Waals surface area contributed by atoms with Crippen LogP contribution in [0.2, 0.25) is 0 Å². The van der Waals surface area contributed by atoms with Gasteiger partial charge in [-0.15, -0.1) is 10.2 Å². The third kappa shape index (κ3) is 6.19. The van der Waals surface area contributed by atoms with E-state index in [0.717, 1.165) is 61.3 Å². The molecule has 1 aliphatic rings. The second kappa shape index (κ2) is 11.0. The lowest BCUT2D eigenvalue weighted by Crippen LogP contribution is -2.38. The van der Waals surface area contributed by atoms with Crippen molar-refractivity contribution in [2.24, 2.45) is 12.0 Å². The Hall–Kier alpha value is -2.61. The van der Waals surface area contributed by atoms with Crippen LogP contribution in [-0.2, 0) is 24.9 Å². The van der Waals surface area contributed by atoms with Crippen molar-refractivity contribution in [2.45, 2.75) is 59.2 Å². The standard InChI is InChI=1S/C22H34N6O2/c1-5-6-10-23-22(25-14-21-27-26-17(3)28(21)4)24-13-18-8-7-16(2)12-20(18)30-19-9-11-29-15-19/h7-8,12,19H,5-6,9-11,13-15H2,1-4H3,(H2,23,24,25). The molecule has 8 heteroatoms. The second-order valence-electron chi connectivity index (χ2n) is 7.74. The van der Waals surface area contributed by atoms with Crippen LogP contribution in [-0.4, -0.2) is 46.6 Å². The minimum absolute atomic E-state index is 0.119. The number of nitrogens with zero attached hydrogens (tertiary/aromatic N) is 4. The van der Waals surface area contributed by atoms with Gasteiger partial charge in [0.05, 0.1) is 26.3 Å². The maximum Gasteiger partial charge on any atom is 0.191 e. The molecule has 1 fully saturated rings. The molecule has 8 nitrogen and oxygen atoms in total. The maximum atomic E-state index is 6.21. The zero-order valence-electron chi connectivity index (χ0n) is 18.6. The molecule has 2 aromatic rings. The van der Waals surface area contributed by atoms with Gasteiger partial charge in [-0.1, -0.05) is 25.5 Å². The molecule has 0 spiro atoms. The average Bonchev–Trinajstić information content (AvgIpc) is 3.35. The van der Waals surface area contributed by atoms with E-state index in [4.69, 9.17) is 14.5 Å². The first-order valence-corrected chi connectivity index (χ1v) is 10.8. The minimum Gasteiger partial charge on any atom is -0.488 e. The molecular weight excluding hydrogens is 380 g/mol. The monoisotopic (exact) mass is 414 g/mol. The van der Waals surface area contributed by atoms with E-state index in [0.29, 0.717) is 19.7 Å². The Morgan fingerprint density at radius 2 is 2.17 bits per heavy atom. The largest absolute Gasteiger partial charge is 0.488 e. The summed E-state index contributed by atoms with van der Waals surface area (Å²) in [6.07, 6.45) is 3.26. The molecule has 3 rings (SSSR count). The van der Waals surface area contributed by atoms with Gasteiger partial charge in [0.15, 0.2) is 11.8 Å². The van der Waals surface area contributed by atoms with Crippen LogP contribution < -0.4 is 15.4 Å². The van der Waals surface area contributed by atoms with Crippen molar-refractivity contribution >= 4 is 5.96 Å². The zero-order valence-corrected chi connectivity index (χ0v) is 18.6. The smallest absolute Gasteiger partial charge is 0.191 e. The van der Waals surface area contributed by atoms with Crippen LogP contribution in [0.1, 0.15) is 49.0 Å². The number of benzene rings is 1. The molecule has 164 valence electrons. The van der Waals surface area contributed by atoms with Gasteiger partial charge < -0.3 is 24.7 Å². The van der Waals surface area contributed by atoms with Gasteiger partial charge in [-0.05, 0) is 31.9 Å². The van der Waals surface area contributed by atoms with Gasteiger partial charge in [0, 0.05) is 25.6 Å². The molecule has 2 heterocycles. The first kappa shape index (κ1) is 22.1. The molecule has 30 heavy (non-hydrogen) atoms. The average molecular weight is 415 g/mol. The van der Waals surface area contributed by atoms with Crippen LogP contribution >= 0.6 is 0 Å². The van der Waals surface area contributed by atoms with Crippen LogP contribution in [0.4, 0.5) is 0 Å². The fourth-order valence-electron chi connectivity index (χ4n) is 3.18. The third-order valence-electron chi connectivity index (χ3n) is 5.23. The number of hydrogen-bond donors (Lipinski definition) is 2. The third-order valence-corrected chi connectivity index (χ3v) is 5.23. The number of guanidine groups is 1. The number of aliphatic imine (C=N–C) groups is 1. The van der Waals surface area contributed by atoms with Crippen LogP contribution in [0.5, 0.6) is 5.75 Å². The first-order valence-electron chi connectivity index (χ1n) is 10.8. The number of ether oxygens (including phenoxy) is 2. The molecule has 1 saturated heterocycles. The fourth-order valence-corrected chi connectivity index (χ4v) is 3.18. The highest BCUT2D eigenvalue weighted by Crippen LogP contribution is 2.24. The molecule has 2 N–H and O–H groups in total. The number of aryl methyl sites for hydroxylation is 2. The summed E-state index contributed by atoms with van der Waals surface area (Å²) in [6.45, 7) is 9.58. The number of aromatic nitrogens is 3. The van der Waals surface area contributed by atoms with Gasteiger partial charge in [0.25, 0.3) is 0 Å². The number of hydrogen-bond acceptors (Lipinski definition) is 5. The molecule has 1 unspecified atom stereocenters. The Labute approximate surface area is 179 Å². The van der Waals surface area contributed by atoms with E-state index < -0.39 is 0 Å². The van der Waals surface area contributed by atoms with Gasteiger partial charge in [-0.2, -0.15) is 0 Å². The Balaban J connectivity index is 1.69. The number of rotatable bonds is 9. The quantitative estimate of drug-likeness (QED) is 0.373. The number of unbranched alkanes of at least 4 members (excludes halogenated alkanes) is 1. The Bertz CT molecular complexity index is 842. The van der Waals surface area contributed by atoms with E-state index in [1.807, 2.05) is 18.5 Å². The first-order chi connectivity index (χ1) is 14.6. The van der Waals surface area contributed by atoms with Gasteiger partial charge in [0.2, 0.25) is 0 Å². The summed E-state index contributed by atoms with van der Waals surface area (Å²) >= 11 is 0. The molecule has 0 amide bonds. The summed E-state index contributed by atoms with van der Waals surface area (Å²) in [4.78, 5) is 4.81. The molecule has 1 atom stereocenters. The molecule has 0 aliphatic carbocycles. The van der Waals surface area contributed by atoms with Crippen molar-refractivity contribution < 1.29 is 9.47 Å². The molecule has 1 aliphatic heterocycles. The van der Waals surface area contributed by atoms with Crippen molar-refractivity contribution in [3.05, 3.63) is 41.0 Å². The van der Waals surface area contributed by atoms with Gasteiger partial charge in [0.1, 0.15) is 17.7 Å². The van der Waals surface area contributed by atoms with Gasteiger partial charge in [-0.3, -0.25) is 0 Å². The zero-order chi connectivity index (χ0) is 21.3. The Morgan fingerprint density at radius 3 is 2.87 bits per heavy atom. The minimum atomic E-state index is 0.119. The van der Waals surface area contributed by atoms with Crippen LogP contribution in [0.25, 0.3) is 0 Å². The molecule has 0 bridgehead atoms. The summed E-state index contributed by atoms with van der Waals surface area (Å²) < 4.78 is 13.6. The summed E-state index contributed by atoms with van der Waals surface area (Å²) in [5.41, 5.74) is 2.24. The van der Waals surface area contributed by atoms with Crippen LogP contribution in [0.3, 0.4) is 0 Å². The van der Waals surface area contributed by atoms with Crippen LogP contribution in [0.15, 0.2) is 23.2 Å². The Morgan fingerprint density at radius 1 is 1.30 bits per heavy atom. The molecule has 0 saturated carbocycles. The molecule has 0 radical (unpaired) electrons. The molecular formula is C22H34N6O2. The molecule has 1 aromatic carbocycles. The van der Waals surface area contributed by atoms with Crippen molar-refractivity contribution in [1.29, 1.82) is 0 Å². The van der Waals surface area contributed by atoms with Crippen molar-refractivity contribution in [1.82, 2.24) is 25.4 Å². The SMILES string of the molecule is CCCCNC(=NCc1ccc(C)cc1OC1CCOC1)NCc1nnc(C)n1C. The normalized spacial score (nSPS) is 16.7. The topological polar surface area (TPSA) is 85.6 Å². The lowest BCUT2D eigenvalue weighted by Gasteiger charge is -2.16. The Kier molecular flexibility index (Phi) is 8.07. The lowest BCUT2D eigenvalue weighted by molar-refractivity contribution is 0.140. The highest BCUT2D eigenvalue weighted by molar-refractivity contribution is 5.79. The van der Waals surface area contributed by atoms with E-state index in [9.17, 15) is 0 Å². The lowest BCUT2D eigenvalue weighted by atomic mass is 10.1. The summed E-state index contributed by atoms with van der Waals surface area (Å²) in [6, 6.07) is 6.28. The summed E-state index contributed by atoms with van der Waals surface area (Å²) in [5.74, 6) is 3.42. The highest BCUT2D eigenvalue weighted by Gasteiger charge is 2.18. The van der Waals surface area contributed by atoms with E-state index >= 15 is 0 Å². The second-order valence-corrected chi connectivity index (χ2v) is 7.74. The van der Waals surface area contributed by atoms with E-state index in [2.05, 4.69) is 52.9 Å². The summed E-state index contributed by atoms with van der Waals surface area (Å²) in [5, 5.41) is 15.1. The van der Waals surface area contributed by atoms with Crippen molar-refractivity contribution in [3.63, 3.8) is 0 Å². The van der Waals surface area contributed by atoms with Gasteiger partial charge in [-0.25, -0.2) is 4.99 Å². The van der Waals surface area contributed by atoms with Crippen molar-refractivity contribution in [2.75, 3.05) is 19.8 Å². The fraction of sp³-hybridized carbons (Fsp3) is 0.591. The number of nitrogens with one attached hydrogen (secondary N) is 2. The highest BCUT2D eigenvalue weighted by atomic mass is 16.5. The van der Waals surface area contributed by atoms with Crippen LogP contribution in [0, 0.1) is 13.8 Å². The molecule has 1 aromatic heterocycles. The maximum absolute atomic E-state index is 6.21. The summed E-state index contributed by atoms with van der Waals surface area (Å²) in [7, 11) is 1.97. The van der Waals surface area contributed by atoms with Crippen molar-refractivity contribution in [3.8, 4) is 5.75 Å².